The molecule has 2 rings (SSSR count). The molecule has 114 valence electrons. The first-order chi connectivity index (χ1) is 9.24. The number of hydrogen-bond donors (Lipinski definition) is 3. The van der Waals surface area contributed by atoms with Crippen molar-refractivity contribution in [3.8, 4) is 0 Å². The fourth-order valence-corrected chi connectivity index (χ4v) is 4.08. The monoisotopic (exact) mass is 282 g/mol. The molecule has 0 aromatic heterocycles. The smallest absolute Gasteiger partial charge is 0.172 e. The first kappa shape index (κ1) is 15.7. The minimum absolute atomic E-state index is 0.0207. The van der Waals surface area contributed by atoms with E-state index in [2.05, 4.69) is 6.92 Å². The van der Waals surface area contributed by atoms with E-state index in [0.29, 0.717) is 5.92 Å². The molecule has 0 spiro atoms. The molecule has 4 heteroatoms. The summed E-state index contributed by atoms with van der Waals surface area (Å²) in [5, 5.41) is 29.6. The van der Waals surface area contributed by atoms with Crippen LogP contribution in [0.25, 0.3) is 0 Å². The predicted octanol–water partition coefficient (Wildman–Crippen LogP) is 1.29. The summed E-state index contributed by atoms with van der Waals surface area (Å²) in [4.78, 5) is 12.6. The molecule has 20 heavy (non-hydrogen) atoms. The summed E-state index contributed by atoms with van der Waals surface area (Å²) < 4.78 is 0. The van der Waals surface area contributed by atoms with Gasteiger partial charge in [0.05, 0.1) is 17.6 Å². The predicted molar refractivity (Wildman–Crippen MR) is 76.0 cm³/mol. The molecule has 2 aliphatic rings. The highest BCUT2D eigenvalue weighted by Gasteiger charge is 2.58. The molecular formula is C16H26O4. The highest BCUT2D eigenvalue weighted by molar-refractivity contribution is 5.90. The Labute approximate surface area is 120 Å². The molecular weight excluding hydrogens is 256 g/mol. The molecule has 0 aliphatic heterocycles. The second-order valence-corrected chi connectivity index (χ2v) is 6.96. The van der Waals surface area contributed by atoms with E-state index in [1.54, 1.807) is 19.9 Å². The van der Waals surface area contributed by atoms with E-state index >= 15 is 0 Å². The highest BCUT2D eigenvalue weighted by atomic mass is 16.3. The second kappa shape index (κ2) is 5.24. The van der Waals surface area contributed by atoms with E-state index < -0.39 is 29.5 Å². The third-order valence-electron chi connectivity index (χ3n) is 5.61. The lowest BCUT2D eigenvalue weighted by atomic mass is 9.52. The Morgan fingerprint density at radius 2 is 2.05 bits per heavy atom. The number of aliphatic hydroxyl groups is 3. The van der Waals surface area contributed by atoms with Gasteiger partial charge in [0.25, 0.3) is 0 Å². The number of Topliss-reactive ketones (excluding diaryl/α,β-unsaturated/α-hetero) is 1. The molecule has 6 atom stereocenters. The Hall–Kier alpha value is -0.710. The van der Waals surface area contributed by atoms with E-state index in [4.69, 9.17) is 5.11 Å². The number of aliphatic hydroxyl groups excluding tert-OH is 2. The third-order valence-corrected chi connectivity index (χ3v) is 5.61. The standard InChI is InChI=1S/C16H26O4/c1-10-4-5-12-11(8-10)6-7-15(2,20)16(12,3)14(19)13(18)9-17/h6-7,10-13,17-18,20H,4-5,8-9H2,1-3H3. The van der Waals surface area contributed by atoms with Crippen LogP contribution in [-0.4, -0.2) is 39.4 Å². The summed E-state index contributed by atoms with van der Waals surface area (Å²) in [7, 11) is 0. The summed E-state index contributed by atoms with van der Waals surface area (Å²) >= 11 is 0. The van der Waals surface area contributed by atoms with Crippen molar-refractivity contribution in [2.45, 2.75) is 51.7 Å². The largest absolute Gasteiger partial charge is 0.393 e. The van der Waals surface area contributed by atoms with Crippen LogP contribution in [0.4, 0.5) is 0 Å². The topological polar surface area (TPSA) is 77.8 Å². The summed E-state index contributed by atoms with van der Waals surface area (Å²) in [6, 6.07) is 0. The fraction of sp³-hybridized carbons (Fsp3) is 0.812. The van der Waals surface area contributed by atoms with Crippen molar-refractivity contribution in [2.24, 2.45) is 23.2 Å². The van der Waals surface area contributed by atoms with Gasteiger partial charge >= 0.3 is 0 Å². The highest BCUT2D eigenvalue weighted by Crippen LogP contribution is 2.54. The lowest BCUT2D eigenvalue weighted by molar-refractivity contribution is -0.163. The summed E-state index contributed by atoms with van der Waals surface area (Å²) in [5.74, 6) is 0.455. The van der Waals surface area contributed by atoms with Gasteiger partial charge in [-0.15, -0.1) is 0 Å². The molecule has 0 heterocycles. The summed E-state index contributed by atoms with van der Waals surface area (Å²) in [5.41, 5.74) is -2.34. The Morgan fingerprint density at radius 1 is 1.40 bits per heavy atom. The van der Waals surface area contributed by atoms with Crippen molar-refractivity contribution in [1.82, 2.24) is 0 Å². The zero-order valence-electron chi connectivity index (χ0n) is 12.5. The van der Waals surface area contributed by atoms with Gasteiger partial charge in [0.2, 0.25) is 0 Å². The molecule has 0 radical (unpaired) electrons. The van der Waals surface area contributed by atoms with Crippen LogP contribution in [0.15, 0.2) is 12.2 Å². The van der Waals surface area contributed by atoms with E-state index in [0.717, 1.165) is 19.3 Å². The Kier molecular flexibility index (Phi) is 4.11. The van der Waals surface area contributed by atoms with Crippen LogP contribution < -0.4 is 0 Å². The molecule has 0 aromatic rings. The first-order valence-corrected chi connectivity index (χ1v) is 7.49. The second-order valence-electron chi connectivity index (χ2n) is 6.96. The molecule has 1 fully saturated rings. The van der Waals surface area contributed by atoms with Gasteiger partial charge in [0.15, 0.2) is 5.78 Å². The van der Waals surface area contributed by atoms with Crippen LogP contribution in [0.2, 0.25) is 0 Å². The quantitative estimate of drug-likeness (QED) is 0.682. The van der Waals surface area contributed by atoms with E-state index in [1.807, 2.05) is 6.08 Å². The van der Waals surface area contributed by atoms with Crippen molar-refractivity contribution >= 4 is 5.78 Å². The third kappa shape index (κ3) is 2.24. The first-order valence-electron chi connectivity index (χ1n) is 7.49. The van der Waals surface area contributed by atoms with Gasteiger partial charge in [0, 0.05) is 0 Å². The lowest BCUT2D eigenvalue weighted by Gasteiger charge is -2.53. The lowest BCUT2D eigenvalue weighted by Crippen LogP contribution is -2.60. The molecule has 0 aromatic carbocycles. The van der Waals surface area contributed by atoms with Gasteiger partial charge in [-0.25, -0.2) is 0 Å². The van der Waals surface area contributed by atoms with E-state index in [-0.39, 0.29) is 11.8 Å². The summed E-state index contributed by atoms with van der Waals surface area (Å²) in [6.07, 6.45) is 5.22. The molecule has 0 bridgehead atoms. The van der Waals surface area contributed by atoms with Crippen molar-refractivity contribution in [1.29, 1.82) is 0 Å². The normalized spacial score (nSPS) is 45.8. The van der Waals surface area contributed by atoms with E-state index in [9.17, 15) is 15.0 Å². The number of allylic oxidation sites excluding steroid dienone is 1. The van der Waals surface area contributed by atoms with Crippen LogP contribution in [0, 0.1) is 23.2 Å². The SMILES string of the molecule is CC1CCC2C(C=CC(C)(O)C2(C)C(=O)C(O)CO)C1. The van der Waals surface area contributed by atoms with Crippen molar-refractivity contribution in [3.63, 3.8) is 0 Å². The van der Waals surface area contributed by atoms with Gasteiger partial charge in [0.1, 0.15) is 6.10 Å². The number of ketones is 1. The Balaban J connectivity index is 2.42. The van der Waals surface area contributed by atoms with Crippen LogP contribution in [0.1, 0.15) is 40.0 Å². The van der Waals surface area contributed by atoms with Crippen molar-refractivity contribution in [2.75, 3.05) is 6.61 Å². The van der Waals surface area contributed by atoms with Gasteiger partial charge in [-0.1, -0.05) is 25.5 Å². The number of rotatable bonds is 3. The van der Waals surface area contributed by atoms with Gasteiger partial charge in [-0.2, -0.15) is 0 Å². The minimum Gasteiger partial charge on any atom is -0.393 e. The van der Waals surface area contributed by atoms with Gasteiger partial charge in [-0.3, -0.25) is 4.79 Å². The molecule has 2 aliphatic carbocycles. The van der Waals surface area contributed by atoms with Crippen LogP contribution >= 0.6 is 0 Å². The van der Waals surface area contributed by atoms with Crippen molar-refractivity contribution < 1.29 is 20.1 Å². The maximum Gasteiger partial charge on any atom is 0.172 e. The molecule has 0 amide bonds. The van der Waals surface area contributed by atoms with Crippen LogP contribution in [-0.2, 0) is 4.79 Å². The number of carbonyl (C=O) groups excluding carboxylic acids is 1. The number of fused-ring (bicyclic) bond motifs is 1. The van der Waals surface area contributed by atoms with E-state index in [1.165, 1.54) is 0 Å². The molecule has 1 saturated carbocycles. The van der Waals surface area contributed by atoms with Gasteiger partial charge in [-0.05, 0) is 44.4 Å². The maximum atomic E-state index is 12.6. The molecule has 0 saturated heterocycles. The summed E-state index contributed by atoms with van der Waals surface area (Å²) in [6.45, 7) is 4.98. The molecule has 4 nitrogen and oxygen atoms in total. The maximum absolute atomic E-state index is 12.6. The number of carbonyl (C=O) groups is 1. The molecule has 6 unspecified atom stereocenters. The zero-order valence-corrected chi connectivity index (χ0v) is 12.5. The molecule has 3 N–H and O–H groups in total. The van der Waals surface area contributed by atoms with Crippen LogP contribution in [0.5, 0.6) is 0 Å². The van der Waals surface area contributed by atoms with Crippen LogP contribution in [0.3, 0.4) is 0 Å². The van der Waals surface area contributed by atoms with Crippen molar-refractivity contribution in [3.05, 3.63) is 12.2 Å². The zero-order chi connectivity index (χ0) is 15.1. The Bertz CT molecular complexity index is 415. The number of hydrogen-bond acceptors (Lipinski definition) is 4. The van der Waals surface area contributed by atoms with Gasteiger partial charge < -0.3 is 15.3 Å². The fourth-order valence-electron chi connectivity index (χ4n) is 4.08. The average Bonchev–Trinajstić information content (AvgIpc) is 2.41. The minimum atomic E-state index is -1.42. The average molecular weight is 282 g/mol. The Morgan fingerprint density at radius 3 is 2.65 bits per heavy atom.